The molecule has 0 aromatic rings. The van der Waals surface area contributed by atoms with Gasteiger partial charge in [-0.15, -0.1) is 0 Å². The maximum atomic E-state index is 10.6. The van der Waals surface area contributed by atoms with Crippen LogP contribution in [0.4, 0.5) is 0 Å². The van der Waals surface area contributed by atoms with Gasteiger partial charge in [0, 0.05) is 6.66 Å². The zero-order valence-corrected chi connectivity index (χ0v) is 8.12. The van der Waals surface area contributed by atoms with E-state index in [9.17, 15) is 4.57 Å². The molecule has 62 valence electrons. The molecule has 0 saturated carbocycles. The highest BCUT2D eigenvalue weighted by molar-refractivity contribution is 7.58. The predicted octanol–water partition coefficient (Wildman–Crippen LogP) is 1.58. The Bertz CT molecular complexity index is 159. The van der Waals surface area contributed by atoms with Crippen LogP contribution in [0.15, 0.2) is 0 Å². The number of hydrogen-bond acceptors (Lipinski definition) is 2. The molecule has 0 aliphatic rings. The molecular formula is C3H6Cl3O3P. The summed E-state index contributed by atoms with van der Waals surface area (Å²) in [6.45, 7) is 0.916. The normalized spacial score (nSPS) is 21.8. The molecule has 0 aromatic heterocycles. The lowest BCUT2D eigenvalue weighted by Crippen LogP contribution is -2.24. The lowest BCUT2D eigenvalue weighted by Gasteiger charge is -2.20. The summed E-state index contributed by atoms with van der Waals surface area (Å²) < 4.78 is 8.52. The van der Waals surface area contributed by atoms with Gasteiger partial charge in [-0.25, -0.2) is 0 Å². The van der Waals surface area contributed by atoms with Crippen molar-refractivity contribution in [3.05, 3.63) is 0 Å². The largest absolute Gasteiger partial charge is 0.379 e. The van der Waals surface area contributed by atoms with Crippen molar-refractivity contribution in [2.45, 2.75) is 9.64 Å². The number of aliphatic hydroxyl groups is 1. The molecule has 0 rings (SSSR count). The molecule has 0 aromatic carbocycles. The van der Waals surface area contributed by atoms with Crippen LogP contribution in [-0.2, 0) is 4.57 Å². The maximum absolute atomic E-state index is 10.6. The van der Waals surface area contributed by atoms with Crippen molar-refractivity contribution in [2.75, 3.05) is 6.66 Å². The van der Waals surface area contributed by atoms with Gasteiger partial charge in [-0.05, 0) is 0 Å². The van der Waals surface area contributed by atoms with Gasteiger partial charge in [0.2, 0.25) is 11.2 Å². The van der Waals surface area contributed by atoms with Crippen molar-refractivity contribution < 1.29 is 14.6 Å². The second-order valence-electron chi connectivity index (χ2n) is 1.86. The first-order valence-electron chi connectivity index (χ1n) is 2.20. The summed E-state index contributed by atoms with van der Waals surface area (Å²) in [6.07, 6.45) is 0. The van der Waals surface area contributed by atoms with E-state index in [1.165, 1.54) is 0 Å². The van der Waals surface area contributed by atoms with Crippen LogP contribution >= 0.6 is 42.2 Å². The molecule has 0 bridgehead atoms. The molecule has 2 atom stereocenters. The lowest BCUT2D eigenvalue weighted by molar-refractivity contribution is 0.235. The molecule has 3 nitrogen and oxygen atoms in total. The van der Waals surface area contributed by atoms with E-state index in [1.54, 1.807) is 0 Å². The second kappa shape index (κ2) is 3.18. The van der Waals surface area contributed by atoms with Crippen molar-refractivity contribution in [3.63, 3.8) is 0 Å². The Balaban J connectivity index is 4.39. The third kappa shape index (κ3) is 3.42. The fraction of sp³-hybridized carbons (Fsp3) is 1.00. The summed E-state index contributed by atoms with van der Waals surface area (Å²) in [4.78, 5) is 8.67. The summed E-state index contributed by atoms with van der Waals surface area (Å²) >= 11 is 15.4. The van der Waals surface area contributed by atoms with Gasteiger partial charge in [0.15, 0.2) is 5.85 Å². The fourth-order valence-electron chi connectivity index (χ4n) is 0.272. The molecule has 0 radical (unpaired) electrons. The molecule has 7 heteroatoms. The molecule has 2 unspecified atom stereocenters. The topological polar surface area (TPSA) is 57.5 Å². The van der Waals surface area contributed by atoms with Gasteiger partial charge in [0.05, 0.1) is 0 Å². The Morgan fingerprint density at radius 3 is 1.80 bits per heavy atom. The molecule has 0 saturated heterocycles. The number of rotatable bonds is 1. The standard InChI is InChI=1S/C3H6Cl3O3P/c1-10(8,9)2(7)3(4,5)6/h2,7H,1H3,(H,8,9). The fourth-order valence-corrected chi connectivity index (χ4v) is 2.44. The Morgan fingerprint density at radius 1 is 1.50 bits per heavy atom. The highest BCUT2D eigenvalue weighted by atomic mass is 35.6. The third-order valence-electron chi connectivity index (χ3n) is 0.747. The molecule has 0 fully saturated rings. The Labute approximate surface area is 73.3 Å². The van der Waals surface area contributed by atoms with Crippen LogP contribution in [0, 0.1) is 0 Å². The summed E-state index contributed by atoms with van der Waals surface area (Å²) in [6, 6.07) is 0. The summed E-state index contributed by atoms with van der Waals surface area (Å²) in [5.74, 6) is -1.83. The van der Waals surface area contributed by atoms with Gasteiger partial charge in [-0.2, -0.15) is 0 Å². The molecular weight excluding hydrogens is 221 g/mol. The van der Waals surface area contributed by atoms with E-state index >= 15 is 0 Å². The van der Waals surface area contributed by atoms with Crippen LogP contribution in [0.5, 0.6) is 0 Å². The number of aliphatic hydroxyl groups excluding tert-OH is 1. The summed E-state index contributed by atoms with van der Waals surface area (Å²) in [5.41, 5.74) is 0. The number of alkyl halides is 3. The van der Waals surface area contributed by atoms with Crippen molar-refractivity contribution in [1.29, 1.82) is 0 Å². The maximum Gasteiger partial charge on any atom is 0.229 e. The molecule has 0 aliphatic carbocycles. The number of halogens is 3. The average Bonchev–Trinajstić information content (AvgIpc) is 1.59. The van der Waals surface area contributed by atoms with E-state index in [1.807, 2.05) is 0 Å². The Morgan fingerprint density at radius 2 is 1.80 bits per heavy atom. The highest BCUT2D eigenvalue weighted by Crippen LogP contribution is 2.50. The summed E-state index contributed by atoms with van der Waals surface area (Å²) in [7, 11) is -3.72. The summed E-state index contributed by atoms with van der Waals surface area (Å²) in [5, 5.41) is 8.81. The first-order valence-corrected chi connectivity index (χ1v) is 5.51. The zero-order valence-electron chi connectivity index (χ0n) is 4.96. The predicted molar refractivity (Wildman–Crippen MR) is 42.0 cm³/mol. The van der Waals surface area contributed by atoms with E-state index in [2.05, 4.69) is 0 Å². The monoisotopic (exact) mass is 226 g/mol. The van der Waals surface area contributed by atoms with Gasteiger partial charge in [0.25, 0.3) is 0 Å². The van der Waals surface area contributed by atoms with Crippen LogP contribution in [0.3, 0.4) is 0 Å². The molecule has 0 aliphatic heterocycles. The third-order valence-corrected chi connectivity index (χ3v) is 3.12. The van der Waals surface area contributed by atoms with Crippen molar-refractivity contribution in [1.82, 2.24) is 0 Å². The van der Waals surface area contributed by atoms with Crippen molar-refractivity contribution >= 4 is 42.2 Å². The Kier molecular flexibility index (Phi) is 3.50. The first kappa shape index (κ1) is 11.0. The van der Waals surface area contributed by atoms with E-state index in [-0.39, 0.29) is 0 Å². The minimum atomic E-state index is -3.72. The molecule has 0 amide bonds. The quantitative estimate of drug-likeness (QED) is 0.528. The molecule has 10 heavy (non-hydrogen) atoms. The van der Waals surface area contributed by atoms with E-state index < -0.39 is 17.0 Å². The number of hydrogen-bond donors (Lipinski definition) is 2. The van der Waals surface area contributed by atoms with E-state index in [0.29, 0.717) is 0 Å². The Hall–Kier alpha value is 1.02. The van der Waals surface area contributed by atoms with Crippen LogP contribution in [-0.4, -0.2) is 26.3 Å². The van der Waals surface area contributed by atoms with Gasteiger partial charge in [-0.3, -0.25) is 4.57 Å². The minimum absolute atomic E-state index is 0.916. The zero-order chi connectivity index (χ0) is 8.58. The van der Waals surface area contributed by atoms with Crippen LogP contribution < -0.4 is 0 Å². The first-order chi connectivity index (χ1) is 4.15. The SMILES string of the molecule is CP(=O)(O)C(O)C(Cl)(Cl)Cl. The lowest BCUT2D eigenvalue weighted by atomic mass is 10.8. The molecule has 0 heterocycles. The van der Waals surface area contributed by atoms with Gasteiger partial charge >= 0.3 is 0 Å². The second-order valence-corrected chi connectivity index (χ2v) is 6.60. The van der Waals surface area contributed by atoms with Crippen LogP contribution in [0.1, 0.15) is 0 Å². The van der Waals surface area contributed by atoms with Crippen LogP contribution in [0.2, 0.25) is 0 Å². The van der Waals surface area contributed by atoms with Gasteiger partial charge < -0.3 is 10.00 Å². The highest BCUT2D eigenvalue weighted by Gasteiger charge is 2.41. The van der Waals surface area contributed by atoms with Crippen LogP contribution in [0.25, 0.3) is 0 Å². The molecule has 2 N–H and O–H groups in total. The van der Waals surface area contributed by atoms with E-state index in [0.717, 1.165) is 6.66 Å². The minimum Gasteiger partial charge on any atom is -0.379 e. The van der Waals surface area contributed by atoms with E-state index in [4.69, 9.17) is 44.8 Å². The molecule has 0 spiro atoms. The van der Waals surface area contributed by atoms with Gasteiger partial charge in [0.1, 0.15) is 0 Å². The van der Waals surface area contributed by atoms with Crippen molar-refractivity contribution in [2.24, 2.45) is 0 Å². The van der Waals surface area contributed by atoms with Gasteiger partial charge in [-0.1, -0.05) is 34.8 Å². The average molecular weight is 227 g/mol. The smallest absolute Gasteiger partial charge is 0.229 e. The van der Waals surface area contributed by atoms with Crippen molar-refractivity contribution in [3.8, 4) is 0 Å².